The highest BCUT2D eigenvalue weighted by Gasteiger charge is 2.18. The van der Waals surface area contributed by atoms with E-state index in [1.54, 1.807) is 6.07 Å². The lowest BCUT2D eigenvalue weighted by molar-refractivity contribution is -0.384. The van der Waals surface area contributed by atoms with E-state index in [1.807, 2.05) is 0 Å². The predicted octanol–water partition coefficient (Wildman–Crippen LogP) is 2.41. The van der Waals surface area contributed by atoms with Crippen molar-refractivity contribution in [2.45, 2.75) is 12.5 Å². The van der Waals surface area contributed by atoms with Crippen LogP contribution in [-0.4, -0.2) is 24.1 Å². The van der Waals surface area contributed by atoms with E-state index in [1.165, 1.54) is 12.1 Å². The number of nitrogens with zero attached hydrogens (tertiary/aromatic N) is 1. The first-order valence-corrected chi connectivity index (χ1v) is 5.36. The second-order valence-corrected chi connectivity index (χ2v) is 4.01. The molecule has 94 valence electrons. The van der Waals surface area contributed by atoms with Gasteiger partial charge < -0.3 is 10.1 Å². The number of nitro benzene ring substituents is 1. The van der Waals surface area contributed by atoms with E-state index in [9.17, 15) is 10.1 Å². The van der Waals surface area contributed by atoms with Crippen LogP contribution in [0, 0.1) is 10.1 Å². The molecule has 1 saturated heterocycles. The molecule has 0 spiro atoms. The first-order valence-electron chi connectivity index (χ1n) is 4.98. The van der Waals surface area contributed by atoms with E-state index in [4.69, 9.17) is 16.3 Å². The number of hydrogen-bond acceptors (Lipinski definition) is 4. The van der Waals surface area contributed by atoms with Gasteiger partial charge in [-0.15, -0.1) is 12.4 Å². The molecule has 1 fully saturated rings. The molecule has 7 heteroatoms. The number of rotatable bonds is 3. The number of hydrogen-bond donors (Lipinski definition) is 1. The van der Waals surface area contributed by atoms with Crippen LogP contribution in [0.2, 0.25) is 5.02 Å². The van der Waals surface area contributed by atoms with Crippen molar-refractivity contribution in [3.05, 3.63) is 33.3 Å². The SMILES string of the molecule is Cl.O=[N+]([O-])c1ccc(OC2CCNC2)c(Cl)c1. The van der Waals surface area contributed by atoms with Crippen LogP contribution in [0.5, 0.6) is 5.75 Å². The maximum Gasteiger partial charge on any atom is 0.271 e. The molecule has 0 aromatic heterocycles. The maximum absolute atomic E-state index is 10.5. The number of nitro groups is 1. The average molecular weight is 279 g/mol. The summed E-state index contributed by atoms with van der Waals surface area (Å²) in [5, 5.41) is 13.9. The van der Waals surface area contributed by atoms with Crippen LogP contribution >= 0.6 is 24.0 Å². The third kappa shape index (κ3) is 3.46. The molecule has 0 amide bonds. The molecule has 0 radical (unpaired) electrons. The summed E-state index contributed by atoms with van der Waals surface area (Å²) in [6.07, 6.45) is 1.02. The van der Waals surface area contributed by atoms with Gasteiger partial charge in [-0.3, -0.25) is 10.1 Å². The van der Waals surface area contributed by atoms with E-state index in [0.717, 1.165) is 19.5 Å². The standard InChI is InChI=1S/C10H11ClN2O3.ClH/c11-9-5-7(13(14)15)1-2-10(9)16-8-3-4-12-6-8;/h1-2,5,8,12H,3-4,6H2;1H. The van der Waals surface area contributed by atoms with Crippen molar-refractivity contribution in [2.75, 3.05) is 13.1 Å². The third-order valence-electron chi connectivity index (χ3n) is 2.44. The number of halogens is 2. The fourth-order valence-corrected chi connectivity index (χ4v) is 1.83. The highest BCUT2D eigenvalue weighted by molar-refractivity contribution is 6.32. The Morgan fingerprint density at radius 2 is 2.29 bits per heavy atom. The van der Waals surface area contributed by atoms with Crippen LogP contribution in [0.1, 0.15) is 6.42 Å². The second kappa shape index (κ2) is 6.05. The Hall–Kier alpha value is -1.04. The van der Waals surface area contributed by atoms with Crippen molar-refractivity contribution in [2.24, 2.45) is 0 Å². The Balaban J connectivity index is 0.00000144. The van der Waals surface area contributed by atoms with Crippen LogP contribution < -0.4 is 10.1 Å². The van der Waals surface area contributed by atoms with Crippen LogP contribution in [0.15, 0.2) is 18.2 Å². The van der Waals surface area contributed by atoms with Crippen LogP contribution in [0.4, 0.5) is 5.69 Å². The Bertz CT molecular complexity index is 409. The molecule has 2 rings (SSSR count). The van der Waals surface area contributed by atoms with E-state index in [-0.39, 0.29) is 29.2 Å². The largest absolute Gasteiger partial charge is 0.487 e. The molecule has 1 aliphatic heterocycles. The van der Waals surface area contributed by atoms with Gasteiger partial charge in [-0.25, -0.2) is 0 Å². The summed E-state index contributed by atoms with van der Waals surface area (Å²) in [7, 11) is 0. The van der Waals surface area contributed by atoms with Crippen LogP contribution in [0.3, 0.4) is 0 Å². The number of ether oxygens (including phenoxy) is 1. The molecule has 1 aliphatic rings. The zero-order valence-electron chi connectivity index (χ0n) is 8.89. The summed E-state index contributed by atoms with van der Waals surface area (Å²) in [6, 6.07) is 4.24. The molecule has 1 unspecified atom stereocenters. The summed E-state index contributed by atoms with van der Waals surface area (Å²) in [5.74, 6) is 0.501. The normalized spacial score (nSPS) is 18.5. The smallest absolute Gasteiger partial charge is 0.271 e. The summed E-state index contributed by atoms with van der Waals surface area (Å²) >= 11 is 5.90. The van der Waals surface area contributed by atoms with Gasteiger partial charge in [0.2, 0.25) is 0 Å². The van der Waals surface area contributed by atoms with Gasteiger partial charge in [0.1, 0.15) is 11.9 Å². The zero-order chi connectivity index (χ0) is 11.5. The summed E-state index contributed by atoms with van der Waals surface area (Å²) in [6.45, 7) is 1.71. The second-order valence-electron chi connectivity index (χ2n) is 3.60. The molecule has 0 aliphatic carbocycles. The van der Waals surface area contributed by atoms with Gasteiger partial charge in [-0.2, -0.15) is 0 Å². The molecule has 5 nitrogen and oxygen atoms in total. The zero-order valence-corrected chi connectivity index (χ0v) is 10.5. The summed E-state index contributed by atoms with van der Waals surface area (Å²) in [5.41, 5.74) is -0.0260. The lowest BCUT2D eigenvalue weighted by atomic mass is 10.3. The topological polar surface area (TPSA) is 64.4 Å². The molecule has 1 aromatic carbocycles. The molecule has 1 heterocycles. The van der Waals surface area contributed by atoms with Crippen molar-refractivity contribution < 1.29 is 9.66 Å². The maximum atomic E-state index is 10.5. The molecular formula is C10H12Cl2N2O3. The Labute approximate surface area is 110 Å². The average Bonchev–Trinajstić information content (AvgIpc) is 2.73. The Morgan fingerprint density at radius 1 is 1.53 bits per heavy atom. The minimum Gasteiger partial charge on any atom is -0.487 e. The van der Waals surface area contributed by atoms with Crippen LogP contribution in [0.25, 0.3) is 0 Å². The van der Waals surface area contributed by atoms with Crippen LogP contribution in [-0.2, 0) is 0 Å². The molecule has 1 aromatic rings. The van der Waals surface area contributed by atoms with E-state index in [2.05, 4.69) is 5.32 Å². The summed E-state index contributed by atoms with van der Waals surface area (Å²) < 4.78 is 5.62. The van der Waals surface area contributed by atoms with Crippen molar-refractivity contribution in [3.63, 3.8) is 0 Å². The van der Waals surface area contributed by atoms with Gasteiger partial charge in [0.05, 0.1) is 9.95 Å². The molecular weight excluding hydrogens is 267 g/mol. The fourth-order valence-electron chi connectivity index (χ4n) is 1.61. The number of nitrogens with one attached hydrogen (secondary N) is 1. The first-order chi connectivity index (χ1) is 7.66. The molecule has 1 atom stereocenters. The van der Waals surface area contributed by atoms with Gasteiger partial charge >= 0.3 is 0 Å². The molecule has 0 saturated carbocycles. The van der Waals surface area contributed by atoms with Crippen molar-refractivity contribution >= 4 is 29.7 Å². The van der Waals surface area contributed by atoms with Gasteiger partial charge in [0, 0.05) is 18.7 Å². The highest BCUT2D eigenvalue weighted by atomic mass is 35.5. The monoisotopic (exact) mass is 278 g/mol. The van der Waals surface area contributed by atoms with E-state index in [0.29, 0.717) is 5.75 Å². The Kier molecular flexibility index (Phi) is 4.99. The molecule has 17 heavy (non-hydrogen) atoms. The lowest BCUT2D eigenvalue weighted by Crippen LogP contribution is -2.19. The van der Waals surface area contributed by atoms with E-state index >= 15 is 0 Å². The summed E-state index contributed by atoms with van der Waals surface area (Å²) in [4.78, 5) is 10.0. The van der Waals surface area contributed by atoms with Crippen molar-refractivity contribution in [1.82, 2.24) is 5.32 Å². The Morgan fingerprint density at radius 3 is 2.82 bits per heavy atom. The molecule has 0 bridgehead atoms. The van der Waals surface area contributed by atoms with Crippen molar-refractivity contribution in [1.29, 1.82) is 0 Å². The highest BCUT2D eigenvalue weighted by Crippen LogP contribution is 2.29. The minimum atomic E-state index is -0.479. The number of benzene rings is 1. The van der Waals surface area contributed by atoms with Gasteiger partial charge in [-0.1, -0.05) is 11.6 Å². The third-order valence-corrected chi connectivity index (χ3v) is 2.73. The predicted molar refractivity (Wildman–Crippen MR) is 67.3 cm³/mol. The van der Waals surface area contributed by atoms with Gasteiger partial charge in [0.15, 0.2) is 0 Å². The van der Waals surface area contributed by atoms with Gasteiger partial charge in [0.25, 0.3) is 5.69 Å². The quantitative estimate of drug-likeness (QED) is 0.681. The lowest BCUT2D eigenvalue weighted by Gasteiger charge is -2.13. The minimum absolute atomic E-state index is 0. The first kappa shape index (κ1) is 14.0. The van der Waals surface area contributed by atoms with Crippen molar-refractivity contribution in [3.8, 4) is 5.75 Å². The number of non-ortho nitro benzene ring substituents is 1. The molecule has 1 N–H and O–H groups in total. The van der Waals surface area contributed by atoms with E-state index < -0.39 is 4.92 Å². The fraction of sp³-hybridized carbons (Fsp3) is 0.400. The van der Waals surface area contributed by atoms with Gasteiger partial charge in [-0.05, 0) is 19.0 Å².